The summed E-state index contributed by atoms with van der Waals surface area (Å²) >= 11 is 0. The predicted molar refractivity (Wildman–Crippen MR) is 74.3 cm³/mol. The van der Waals surface area contributed by atoms with E-state index in [9.17, 15) is 8.42 Å². The molecule has 2 aromatic rings. The van der Waals surface area contributed by atoms with Gasteiger partial charge >= 0.3 is 0 Å². The number of nitrogen functional groups attached to an aromatic ring is 1. The lowest BCUT2D eigenvalue weighted by Crippen LogP contribution is -2.15. The standard InChI is InChI=1S/C12H16N4O2S/c1-8-6-10(13)7-11(9(8)2)19(17,18)15-12-4-5-16(3)14-12/h4-7H,13H2,1-3H3,(H,14,15). The summed E-state index contributed by atoms with van der Waals surface area (Å²) in [5.41, 5.74) is 7.64. The first-order chi connectivity index (χ1) is 8.79. The quantitative estimate of drug-likeness (QED) is 0.832. The molecule has 0 saturated heterocycles. The third kappa shape index (κ3) is 2.70. The van der Waals surface area contributed by atoms with Crippen molar-refractivity contribution in [2.24, 2.45) is 7.05 Å². The molecular weight excluding hydrogens is 264 g/mol. The molecule has 0 atom stereocenters. The van der Waals surface area contributed by atoms with Gasteiger partial charge in [0.2, 0.25) is 0 Å². The second-order valence-electron chi connectivity index (χ2n) is 4.44. The average molecular weight is 280 g/mol. The monoisotopic (exact) mass is 280 g/mol. The van der Waals surface area contributed by atoms with Crippen LogP contribution in [0.4, 0.5) is 11.5 Å². The van der Waals surface area contributed by atoms with E-state index < -0.39 is 10.0 Å². The highest BCUT2D eigenvalue weighted by molar-refractivity contribution is 7.92. The van der Waals surface area contributed by atoms with Gasteiger partial charge in [0.05, 0.1) is 4.90 Å². The summed E-state index contributed by atoms with van der Waals surface area (Å²) in [4.78, 5) is 0.177. The van der Waals surface area contributed by atoms with Crippen LogP contribution in [-0.4, -0.2) is 18.2 Å². The van der Waals surface area contributed by atoms with E-state index in [4.69, 9.17) is 5.73 Å². The van der Waals surface area contributed by atoms with Crippen molar-refractivity contribution in [1.29, 1.82) is 0 Å². The maximum Gasteiger partial charge on any atom is 0.263 e. The normalized spacial score (nSPS) is 11.5. The molecule has 6 nitrogen and oxygen atoms in total. The summed E-state index contributed by atoms with van der Waals surface area (Å²) in [6.45, 7) is 3.58. The zero-order chi connectivity index (χ0) is 14.2. The highest BCUT2D eigenvalue weighted by atomic mass is 32.2. The highest BCUT2D eigenvalue weighted by Crippen LogP contribution is 2.24. The average Bonchev–Trinajstić information content (AvgIpc) is 2.68. The van der Waals surface area contributed by atoms with Crippen molar-refractivity contribution in [3.05, 3.63) is 35.5 Å². The SMILES string of the molecule is Cc1cc(N)cc(S(=O)(=O)Nc2ccn(C)n2)c1C. The lowest BCUT2D eigenvalue weighted by molar-refractivity contribution is 0.600. The number of nitrogens with two attached hydrogens (primary N) is 1. The Kier molecular flexibility index (Phi) is 3.23. The number of benzene rings is 1. The number of aryl methyl sites for hydroxylation is 2. The number of hydrogen-bond acceptors (Lipinski definition) is 4. The van der Waals surface area contributed by atoms with Crippen LogP contribution >= 0.6 is 0 Å². The Balaban J connectivity index is 2.45. The molecule has 3 N–H and O–H groups in total. The van der Waals surface area contributed by atoms with Crippen LogP contribution in [0.15, 0.2) is 29.3 Å². The third-order valence-electron chi connectivity index (χ3n) is 2.88. The second kappa shape index (κ2) is 4.58. The number of hydrogen-bond donors (Lipinski definition) is 2. The molecule has 0 spiro atoms. The largest absolute Gasteiger partial charge is 0.399 e. The summed E-state index contributed by atoms with van der Waals surface area (Å²) in [5.74, 6) is 0.280. The lowest BCUT2D eigenvalue weighted by Gasteiger charge is -2.11. The van der Waals surface area contributed by atoms with Crippen LogP contribution in [0.1, 0.15) is 11.1 Å². The molecule has 19 heavy (non-hydrogen) atoms. The highest BCUT2D eigenvalue weighted by Gasteiger charge is 2.19. The van der Waals surface area contributed by atoms with Gasteiger partial charge in [-0.25, -0.2) is 8.42 Å². The topological polar surface area (TPSA) is 90.0 Å². The maximum absolute atomic E-state index is 12.3. The molecule has 7 heteroatoms. The van der Waals surface area contributed by atoms with Gasteiger partial charge in [0.25, 0.3) is 10.0 Å². The molecule has 1 aromatic carbocycles. The number of anilines is 2. The van der Waals surface area contributed by atoms with E-state index in [0.717, 1.165) is 5.56 Å². The molecule has 102 valence electrons. The number of sulfonamides is 1. The van der Waals surface area contributed by atoms with Gasteiger partial charge in [0.1, 0.15) is 0 Å². The van der Waals surface area contributed by atoms with E-state index in [2.05, 4.69) is 9.82 Å². The Hall–Kier alpha value is -2.02. The molecule has 0 unspecified atom stereocenters. The first-order valence-electron chi connectivity index (χ1n) is 5.69. The summed E-state index contributed by atoms with van der Waals surface area (Å²) in [6.07, 6.45) is 1.66. The Morgan fingerprint density at radius 1 is 1.32 bits per heavy atom. The molecule has 0 radical (unpaired) electrons. The van der Waals surface area contributed by atoms with Crippen molar-refractivity contribution in [3.63, 3.8) is 0 Å². The van der Waals surface area contributed by atoms with E-state index in [1.165, 1.54) is 10.7 Å². The molecule has 0 aliphatic carbocycles. The Morgan fingerprint density at radius 3 is 2.58 bits per heavy atom. The molecular formula is C12H16N4O2S. The second-order valence-corrected chi connectivity index (χ2v) is 6.09. The van der Waals surface area contributed by atoms with E-state index in [1.807, 2.05) is 6.92 Å². The number of rotatable bonds is 3. The molecule has 0 bridgehead atoms. The van der Waals surface area contributed by atoms with Crippen LogP contribution in [0.2, 0.25) is 0 Å². The van der Waals surface area contributed by atoms with Crippen LogP contribution in [0.5, 0.6) is 0 Å². The van der Waals surface area contributed by atoms with Crippen molar-refractivity contribution in [2.75, 3.05) is 10.5 Å². The van der Waals surface area contributed by atoms with Crippen molar-refractivity contribution < 1.29 is 8.42 Å². The van der Waals surface area contributed by atoms with Crippen LogP contribution in [0.3, 0.4) is 0 Å². The lowest BCUT2D eigenvalue weighted by atomic mass is 10.1. The van der Waals surface area contributed by atoms with Gasteiger partial charge in [-0.3, -0.25) is 9.40 Å². The number of aromatic nitrogens is 2. The maximum atomic E-state index is 12.3. The van der Waals surface area contributed by atoms with Gasteiger partial charge in [0, 0.05) is 25.0 Å². The number of nitrogens with one attached hydrogen (secondary N) is 1. The predicted octanol–water partition coefficient (Wildman–Crippen LogP) is 1.42. The molecule has 1 aromatic heterocycles. The van der Waals surface area contributed by atoms with E-state index in [0.29, 0.717) is 11.3 Å². The minimum Gasteiger partial charge on any atom is -0.399 e. The van der Waals surface area contributed by atoms with Crippen LogP contribution in [-0.2, 0) is 17.1 Å². The van der Waals surface area contributed by atoms with Gasteiger partial charge in [-0.2, -0.15) is 5.10 Å². The Morgan fingerprint density at radius 2 is 2.00 bits per heavy atom. The molecule has 0 aliphatic heterocycles. The summed E-state index contributed by atoms with van der Waals surface area (Å²) in [7, 11) is -1.97. The molecule has 2 rings (SSSR count). The van der Waals surface area contributed by atoms with Crippen LogP contribution in [0, 0.1) is 13.8 Å². The van der Waals surface area contributed by atoms with Crippen molar-refractivity contribution in [1.82, 2.24) is 9.78 Å². The van der Waals surface area contributed by atoms with Gasteiger partial charge < -0.3 is 5.73 Å². The Bertz CT molecular complexity index is 719. The van der Waals surface area contributed by atoms with Crippen LogP contribution in [0.25, 0.3) is 0 Å². The van der Waals surface area contributed by atoms with Crippen LogP contribution < -0.4 is 10.5 Å². The van der Waals surface area contributed by atoms with Gasteiger partial charge in [0.15, 0.2) is 5.82 Å². The minimum absolute atomic E-state index is 0.177. The zero-order valence-corrected chi connectivity index (χ0v) is 11.8. The first kappa shape index (κ1) is 13.4. The van der Waals surface area contributed by atoms with Gasteiger partial charge in [-0.1, -0.05) is 0 Å². The molecule has 0 fully saturated rings. The van der Waals surface area contributed by atoms with Crippen molar-refractivity contribution >= 4 is 21.5 Å². The molecule has 0 amide bonds. The van der Waals surface area contributed by atoms with Gasteiger partial charge in [-0.15, -0.1) is 0 Å². The van der Waals surface area contributed by atoms with Crippen molar-refractivity contribution in [2.45, 2.75) is 18.7 Å². The zero-order valence-electron chi connectivity index (χ0n) is 11.0. The Labute approximate surface area is 112 Å². The van der Waals surface area contributed by atoms with Crippen molar-refractivity contribution in [3.8, 4) is 0 Å². The first-order valence-corrected chi connectivity index (χ1v) is 7.17. The molecule has 0 saturated carbocycles. The molecule has 1 heterocycles. The fourth-order valence-corrected chi connectivity index (χ4v) is 3.14. The van der Waals surface area contributed by atoms with E-state index >= 15 is 0 Å². The molecule has 0 aliphatic rings. The fourth-order valence-electron chi connectivity index (χ4n) is 1.80. The summed E-state index contributed by atoms with van der Waals surface area (Å²) in [6, 6.07) is 4.79. The summed E-state index contributed by atoms with van der Waals surface area (Å²) < 4.78 is 28.6. The minimum atomic E-state index is -3.68. The summed E-state index contributed by atoms with van der Waals surface area (Å²) in [5, 5.41) is 3.99. The van der Waals surface area contributed by atoms with E-state index in [-0.39, 0.29) is 10.7 Å². The van der Waals surface area contributed by atoms with E-state index in [1.54, 1.807) is 32.3 Å². The van der Waals surface area contributed by atoms with Gasteiger partial charge in [-0.05, 0) is 37.1 Å². The number of nitrogens with zero attached hydrogens (tertiary/aromatic N) is 2. The third-order valence-corrected chi connectivity index (χ3v) is 4.37. The smallest absolute Gasteiger partial charge is 0.263 e. The fraction of sp³-hybridized carbons (Fsp3) is 0.250.